The summed E-state index contributed by atoms with van der Waals surface area (Å²) in [5.41, 5.74) is -1.90. The monoisotopic (exact) mass is 431 g/mol. The highest BCUT2D eigenvalue weighted by atomic mass is 32.2. The van der Waals surface area contributed by atoms with Crippen molar-refractivity contribution >= 4 is 21.1 Å². The van der Waals surface area contributed by atoms with Gasteiger partial charge in [-0.05, 0) is 26.7 Å². The second kappa shape index (κ2) is 6.42. The average Bonchev–Trinajstić information content (AvgIpc) is 3.05. The summed E-state index contributed by atoms with van der Waals surface area (Å²) >= 11 is 0. The first-order valence-electron chi connectivity index (χ1n) is 8.67. The molecular formula is C16H16F3N5O4S. The average molecular weight is 431 g/mol. The highest BCUT2D eigenvalue weighted by Gasteiger charge is 2.43. The lowest BCUT2D eigenvalue weighted by molar-refractivity contribution is 0.116. The number of imidazole rings is 1. The molecule has 0 saturated heterocycles. The van der Waals surface area contributed by atoms with Crippen molar-refractivity contribution in [3.05, 3.63) is 28.3 Å². The molecule has 0 aliphatic heterocycles. The Labute approximate surface area is 162 Å². The zero-order valence-corrected chi connectivity index (χ0v) is 16.1. The molecule has 1 aromatic carbocycles. The van der Waals surface area contributed by atoms with Gasteiger partial charge in [-0.15, -0.1) is 10.2 Å². The second-order valence-electron chi connectivity index (χ2n) is 7.04. The normalized spacial score (nSPS) is 16.1. The number of rotatable bonds is 6. The van der Waals surface area contributed by atoms with Gasteiger partial charge in [0, 0.05) is 18.2 Å². The minimum absolute atomic E-state index is 0.0402. The summed E-state index contributed by atoms with van der Waals surface area (Å²) in [5.74, 6) is -2.88. The van der Waals surface area contributed by atoms with Gasteiger partial charge in [0.15, 0.2) is 0 Å². The number of hydrogen-bond donors (Lipinski definition) is 2. The molecule has 4 rings (SSSR count). The van der Waals surface area contributed by atoms with E-state index in [1.54, 1.807) is 13.8 Å². The van der Waals surface area contributed by atoms with E-state index in [-0.39, 0.29) is 17.6 Å². The van der Waals surface area contributed by atoms with Gasteiger partial charge in [-0.25, -0.2) is 22.3 Å². The van der Waals surface area contributed by atoms with Crippen molar-refractivity contribution in [2.24, 2.45) is 0 Å². The SMILES string of the molecule is CCn1c(=O)[nH]c2c(-c3nnc(C(F)F)o3)c(S(=O)(=O)NC3(C)CC3)c(F)cc21. The van der Waals surface area contributed by atoms with Crippen LogP contribution in [-0.2, 0) is 16.6 Å². The van der Waals surface area contributed by atoms with E-state index in [2.05, 4.69) is 19.9 Å². The second-order valence-corrected chi connectivity index (χ2v) is 8.66. The maximum atomic E-state index is 15.1. The first-order valence-corrected chi connectivity index (χ1v) is 10.2. The van der Waals surface area contributed by atoms with Crippen molar-refractivity contribution in [2.45, 2.75) is 50.1 Å². The number of fused-ring (bicyclic) bond motifs is 1. The van der Waals surface area contributed by atoms with Crippen molar-refractivity contribution < 1.29 is 26.0 Å². The van der Waals surface area contributed by atoms with Gasteiger partial charge in [-0.1, -0.05) is 0 Å². The molecule has 0 radical (unpaired) electrons. The Morgan fingerprint density at radius 2 is 2.07 bits per heavy atom. The zero-order valence-electron chi connectivity index (χ0n) is 15.3. The van der Waals surface area contributed by atoms with E-state index in [0.717, 1.165) is 6.07 Å². The Morgan fingerprint density at radius 3 is 2.62 bits per heavy atom. The third-order valence-corrected chi connectivity index (χ3v) is 6.49. The molecule has 1 aliphatic carbocycles. The maximum absolute atomic E-state index is 15.1. The number of nitrogens with zero attached hydrogens (tertiary/aromatic N) is 3. The molecular weight excluding hydrogens is 415 g/mol. The van der Waals surface area contributed by atoms with Crippen LogP contribution in [0.5, 0.6) is 0 Å². The number of benzene rings is 1. The van der Waals surface area contributed by atoms with Gasteiger partial charge in [0.05, 0.1) is 16.6 Å². The fraction of sp³-hybridized carbons (Fsp3) is 0.438. The van der Waals surface area contributed by atoms with Crippen LogP contribution in [0.2, 0.25) is 0 Å². The molecule has 13 heteroatoms. The van der Waals surface area contributed by atoms with Gasteiger partial charge < -0.3 is 9.40 Å². The Kier molecular flexibility index (Phi) is 4.35. The van der Waals surface area contributed by atoms with Crippen molar-refractivity contribution in [3.8, 4) is 11.5 Å². The summed E-state index contributed by atoms with van der Waals surface area (Å²) in [6, 6.07) is 0.897. The largest absolute Gasteiger partial charge is 0.415 e. The predicted molar refractivity (Wildman–Crippen MR) is 94.4 cm³/mol. The van der Waals surface area contributed by atoms with Gasteiger partial charge in [-0.2, -0.15) is 8.78 Å². The van der Waals surface area contributed by atoms with Crippen LogP contribution in [0.15, 0.2) is 20.2 Å². The van der Waals surface area contributed by atoms with Crippen LogP contribution in [0, 0.1) is 5.82 Å². The molecule has 0 spiro atoms. The van der Waals surface area contributed by atoms with Gasteiger partial charge in [0.2, 0.25) is 10.0 Å². The van der Waals surface area contributed by atoms with Crippen LogP contribution in [0.4, 0.5) is 13.2 Å². The highest BCUT2D eigenvalue weighted by molar-refractivity contribution is 7.89. The molecule has 1 aliphatic rings. The highest BCUT2D eigenvalue weighted by Crippen LogP contribution is 2.40. The van der Waals surface area contributed by atoms with E-state index in [4.69, 9.17) is 4.42 Å². The number of H-pyrrole nitrogens is 1. The summed E-state index contributed by atoms with van der Waals surface area (Å²) in [5, 5.41) is 6.65. The van der Waals surface area contributed by atoms with Crippen molar-refractivity contribution in [3.63, 3.8) is 0 Å². The number of aromatic nitrogens is 4. The summed E-state index contributed by atoms with van der Waals surface area (Å²) in [6.07, 6.45) is -1.99. The molecule has 2 heterocycles. The fourth-order valence-electron chi connectivity index (χ4n) is 3.11. The summed E-state index contributed by atoms with van der Waals surface area (Å²) < 4.78 is 75.3. The number of nitrogens with one attached hydrogen (secondary N) is 2. The van der Waals surface area contributed by atoms with E-state index < -0.39 is 55.7 Å². The number of alkyl halides is 2. The Hall–Kier alpha value is -2.67. The molecule has 1 saturated carbocycles. The lowest BCUT2D eigenvalue weighted by Gasteiger charge is -2.15. The Balaban J connectivity index is 2.06. The van der Waals surface area contributed by atoms with Gasteiger partial charge >= 0.3 is 12.1 Å². The van der Waals surface area contributed by atoms with E-state index >= 15 is 4.39 Å². The zero-order chi connectivity index (χ0) is 21.1. The Morgan fingerprint density at radius 1 is 1.38 bits per heavy atom. The van der Waals surface area contributed by atoms with Crippen molar-refractivity contribution in [1.82, 2.24) is 24.5 Å². The molecule has 0 unspecified atom stereocenters. The van der Waals surface area contributed by atoms with Gasteiger partial charge in [-0.3, -0.25) is 4.57 Å². The number of aromatic amines is 1. The van der Waals surface area contributed by atoms with Crippen LogP contribution >= 0.6 is 0 Å². The summed E-state index contributed by atoms with van der Waals surface area (Å²) in [6.45, 7) is 3.44. The van der Waals surface area contributed by atoms with Crippen LogP contribution in [0.1, 0.15) is 39.0 Å². The molecule has 3 aromatic rings. The smallest absolute Gasteiger partial charge is 0.326 e. The molecule has 2 aromatic heterocycles. The first kappa shape index (κ1) is 19.6. The molecule has 0 amide bonds. The number of halogens is 3. The maximum Gasteiger partial charge on any atom is 0.326 e. The molecule has 156 valence electrons. The lowest BCUT2D eigenvalue weighted by Crippen LogP contribution is -2.35. The lowest BCUT2D eigenvalue weighted by atomic mass is 10.1. The molecule has 29 heavy (non-hydrogen) atoms. The molecule has 0 atom stereocenters. The molecule has 9 nitrogen and oxygen atoms in total. The molecule has 1 fully saturated rings. The molecule has 0 bridgehead atoms. The third-order valence-electron chi connectivity index (χ3n) is 4.79. The van der Waals surface area contributed by atoms with Crippen LogP contribution in [0.3, 0.4) is 0 Å². The predicted octanol–water partition coefficient (Wildman–Crippen LogP) is 2.31. The van der Waals surface area contributed by atoms with E-state index in [0.29, 0.717) is 12.8 Å². The van der Waals surface area contributed by atoms with E-state index in [9.17, 15) is 22.0 Å². The summed E-state index contributed by atoms with van der Waals surface area (Å²) in [4.78, 5) is 13.8. The molecule has 2 N–H and O–H groups in total. The minimum atomic E-state index is -4.45. The number of aryl methyl sites for hydroxylation is 1. The standard InChI is InChI=1S/C16H16F3N5O4S/c1-3-24-8-6-7(17)11(29(26,27)23-16(2)4-5-16)9(10(8)20-15(24)25)13-21-22-14(28-13)12(18)19/h6,12,23H,3-5H2,1-2H3,(H,20,25). The number of sulfonamides is 1. The van der Waals surface area contributed by atoms with Crippen molar-refractivity contribution in [1.29, 1.82) is 0 Å². The van der Waals surface area contributed by atoms with Crippen molar-refractivity contribution in [2.75, 3.05) is 0 Å². The quantitative estimate of drug-likeness (QED) is 0.618. The van der Waals surface area contributed by atoms with Crippen LogP contribution < -0.4 is 10.4 Å². The van der Waals surface area contributed by atoms with Gasteiger partial charge in [0.25, 0.3) is 11.8 Å². The fourth-order valence-corrected chi connectivity index (χ4v) is 4.84. The van der Waals surface area contributed by atoms with Crippen LogP contribution in [0.25, 0.3) is 22.5 Å². The first-order chi connectivity index (χ1) is 13.6. The third kappa shape index (κ3) is 3.23. The summed E-state index contributed by atoms with van der Waals surface area (Å²) in [7, 11) is -4.45. The number of hydrogen-bond acceptors (Lipinski definition) is 6. The van der Waals surface area contributed by atoms with Crippen LogP contribution in [-0.4, -0.2) is 33.7 Å². The van der Waals surface area contributed by atoms with E-state index in [1.165, 1.54) is 4.57 Å². The Bertz CT molecular complexity index is 1270. The minimum Gasteiger partial charge on any atom is -0.415 e. The topological polar surface area (TPSA) is 123 Å². The van der Waals surface area contributed by atoms with E-state index in [1.807, 2.05) is 0 Å². The van der Waals surface area contributed by atoms with Gasteiger partial charge in [0.1, 0.15) is 10.7 Å².